The minimum atomic E-state index is -0.454. The summed E-state index contributed by atoms with van der Waals surface area (Å²) in [4.78, 5) is 0. The lowest BCUT2D eigenvalue weighted by atomic mass is 10.1. The molecule has 0 radical (unpaired) electrons. The van der Waals surface area contributed by atoms with Gasteiger partial charge < -0.3 is 15.5 Å². The van der Waals surface area contributed by atoms with Gasteiger partial charge in [0.1, 0.15) is 11.6 Å². The second-order valence-corrected chi connectivity index (χ2v) is 4.73. The van der Waals surface area contributed by atoms with Crippen LogP contribution < -0.4 is 5.32 Å². The van der Waals surface area contributed by atoms with Crippen molar-refractivity contribution in [1.29, 1.82) is 0 Å². The molecule has 0 aliphatic rings. The second kappa shape index (κ2) is 6.57. The molecule has 0 saturated carbocycles. The van der Waals surface area contributed by atoms with Gasteiger partial charge in [0, 0.05) is 19.2 Å². The lowest BCUT2D eigenvalue weighted by molar-refractivity contribution is 0.146. The molecule has 96 valence electrons. The maximum atomic E-state index is 12.9. The van der Waals surface area contributed by atoms with Crippen molar-refractivity contribution in [1.82, 2.24) is 5.32 Å². The predicted octanol–water partition coefficient (Wildman–Crippen LogP) is 2.03. The molecule has 0 bridgehead atoms. The van der Waals surface area contributed by atoms with Gasteiger partial charge in [0.05, 0.1) is 6.10 Å². The summed E-state index contributed by atoms with van der Waals surface area (Å²) in [5.74, 6) is -0.0842. The van der Waals surface area contributed by atoms with Crippen molar-refractivity contribution in [3.05, 3.63) is 29.6 Å². The van der Waals surface area contributed by atoms with Crippen molar-refractivity contribution in [3.63, 3.8) is 0 Å². The highest BCUT2D eigenvalue weighted by Crippen LogP contribution is 2.14. The third kappa shape index (κ3) is 5.65. The maximum Gasteiger partial charge on any atom is 0.127 e. The van der Waals surface area contributed by atoms with E-state index in [1.165, 1.54) is 12.1 Å². The highest BCUT2D eigenvalue weighted by Gasteiger charge is 2.06. The third-order valence-electron chi connectivity index (χ3n) is 2.39. The zero-order valence-corrected chi connectivity index (χ0v) is 10.3. The number of rotatable bonds is 6. The number of benzene rings is 1. The van der Waals surface area contributed by atoms with E-state index in [1.54, 1.807) is 0 Å². The summed E-state index contributed by atoms with van der Waals surface area (Å²) < 4.78 is 12.9. The molecule has 0 heterocycles. The van der Waals surface area contributed by atoms with Gasteiger partial charge in [-0.25, -0.2) is 4.39 Å². The molecule has 1 aromatic rings. The van der Waals surface area contributed by atoms with Crippen LogP contribution in [0.5, 0.6) is 5.75 Å². The Balaban J connectivity index is 2.35. The zero-order chi connectivity index (χ0) is 12.8. The first kappa shape index (κ1) is 13.9. The summed E-state index contributed by atoms with van der Waals surface area (Å²) in [5.41, 5.74) is 0.666. The fourth-order valence-corrected chi connectivity index (χ4v) is 1.75. The third-order valence-corrected chi connectivity index (χ3v) is 2.39. The number of phenolic OH excluding ortho intramolecular Hbond substituents is 1. The number of aliphatic hydroxyl groups is 1. The fourth-order valence-electron chi connectivity index (χ4n) is 1.75. The Hall–Kier alpha value is -1.13. The lowest BCUT2D eigenvalue weighted by Gasteiger charge is -2.13. The number of hydrogen-bond donors (Lipinski definition) is 3. The van der Waals surface area contributed by atoms with Crippen LogP contribution in [-0.4, -0.2) is 22.9 Å². The monoisotopic (exact) mass is 241 g/mol. The summed E-state index contributed by atoms with van der Waals surface area (Å²) in [6, 6.07) is 3.93. The van der Waals surface area contributed by atoms with Gasteiger partial charge in [-0.05, 0) is 30.0 Å². The van der Waals surface area contributed by atoms with Crippen molar-refractivity contribution in [3.8, 4) is 5.75 Å². The predicted molar refractivity (Wildman–Crippen MR) is 65.2 cm³/mol. The van der Waals surface area contributed by atoms with Crippen molar-refractivity contribution in [2.75, 3.05) is 6.54 Å². The van der Waals surface area contributed by atoms with E-state index >= 15 is 0 Å². The quantitative estimate of drug-likeness (QED) is 0.714. The summed E-state index contributed by atoms with van der Waals surface area (Å²) in [6.45, 7) is 5.00. The number of aliphatic hydroxyl groups excluding tert-OH is 1. The van der Waals surface area contributed by atoms with Gasteiger partial charge in [-0.2, -0.15) is 0 Å². The molecule has 0 amide bonds. The van der Waals surface area contributed by atoms with E-state index in [-0.39, 0.29) is 5.75 Å². The second-order valence-electron chi connectivity index (χ2n) is 4.73. The standard InChI is InChI=1S/C13H20FNO2/c1-9(2)3-13(17)8-15-7-10-4-11(14)6-12(16)5-10/h4-6,9,13,15-17H,3,7-8H2,1-2H3. The van der Waals surface area contributed by atoms with E-state index < -0.39 is 11.9 Å². The van der Waals surface area contributed by atoms with Gasteiger partial charge in [0.25, 0.3) is 0 Å². The lowest BCUT2D eigenvalue weighted by Crippen LogP contribution is -2.27. The normalized spacial score (nSPS) is 13.0. The van der Waals surface area contributed by atoms with E-state index in [0.717, 1.165) is 12.5 Å². The smallest absolute Gasteiger partial charge is 0.127 e. The van der Waals surface area contributed by atoms with Crippen LogP contribution in [0.15, 0.2) is 18.2 Å². The van der Waals surface area contributed by atoms with Crippen molar-refractivity contribution < 1.29 is 14.6 Å². The number of nitrogens with one attached hydrogen (secondary N) is 1. The molecule has 0 spiro atoms. The minimum absolute atomic E-state index is 0.0791. The highest BCUT2D eigenvalue weighted by molar-refractivity contribution is 5.28. The molecule has 0 aliphatic carbocycles. The van der Waals surface area contributed by atoms with E-state index in [1.807, 2.05) is 13.8 Å². The topological polar surface area (TPSA) is 52.5 Å². The Labute approximate surface area is 101 Å². The molecule has 1 unspecified atom stereocenters. The Morgan fingerprint density at radius 2 is 2.00 bits per heavy atom. The number of hydrogen-bond acceptors (Lipinski definition) is 3. The Morgan fingerprint density at radius 3 is 2.59 bits per heavy atom. The van der Waals surface area contributed by atoms with Crippen LogP contribution in [-0.2, 0) is 6.54 Å². The van der Waals surface area contributed by atoms with Crippen molar-refractivity contribution in [2.45, 2.75) is 32.9 Å². The van der Waals surface area contributed by atoms with Crippen molar-refractivity contribution >= 4 is 0 Å². The Morgan fingerprint density at radius 1 is 1.29 bits per heavy atom. The molecule has 0 fully saturated rings. The van der Waals surface area contributed by atoms with Gasteiger partial charge in [-0.15, -0.1) is 0 Å². The number of halogens is 1. The number of phenols is 1. The Kier molecular flexibility index (Phi) is 5.38. The SMILES string of the molecule is CC(C)CC(O)CNCc1cc(O)cc(F)c1. The summed E-state index contributed by atoms with van der Waals surface area (Å²) >= 11 is 0. The zero-order valence-electron chi connectivity index (χ0n) is 10.3. The van der Waals surface area contributed by atoms with Crippen LogP contribution in [0.3, 0.4) is 0 Å². The fraction of sp³-hybridized carbons (Fsp3) is 0.538. The molecule has 1 rings (SSSR count). The summed E-state index contributed by atoms with van der Waals surface area (Å²) in [5, 5.41) is 21.9. The Bertz CT molecular complexity index is 335. The molecule has 17 heavy (non-hydrogen) atoms. The van der Waals surface area contributed by atoms with Gasteiger partial charge in [0.2, 0.25) is 0 Å². The average molecular weight is 241 g/mol. The van der Waals surface area contributed by atoms with Crippen LogP contribution in [0.1, 0.15) is 25.8 Å². The highest BCUT2D eigenvalue weighted by atomic mass is 19.1. The van der Waals surface area contributed by atoms with Gasteiger partial charge in [0.15, 0.2) is 0 Å². The van der Waals surface area contributed by atoms with Gasteiger partial charge >= 0.3 is 0 Å². The first-order valence-corrected chi connectivity index (χ1v) is 5.84. The molecule has 0 aliphatic heterocycles. The molecule has 3 nitrogen and oxygen atoms in total. The molecule has 1 aromatic carbocycles. The van der Waals surface area contributed by atoms with Crippen LogP contribution >= 0.6 is 0 Å². The van der Waals surface area contributed by atoms with Crippen LogP contribution in [0, 0.1) is 11.7 Å². The first-order valence-electron chi connectivity index (χ1n) is 5.84. The molecule has 0 aromatic heterocycles. The minimum Gasteiger partial charge on any atom is -0.508 e. The van der Waals surface area contributed by atoms with E-state index in [9.17, 15) is 14.6 Å². The summed E-state index contributed by atoms with van der Waals surface area (Å²) in [6.07, 6.45) is 0.346. The molecule has 0 saturated heterocycles. The van der Waals surface area contributed by atoms with Crippen LogP contribution in [0.25, 0.3) is 0 Å². The van der Waals surface area contributed by atoms with Gasteiger partial charge in [-0.3, -0.25) is 0 Å². The molecule has 1 atom stereocenters. The number of aromatic hydroxyl groups is 1. The van der Waals surface area contributed by atoms with Crippen LogP contribution in [0.2, 0.25) is 0 Å². The maximum absolute atomic E-state index is 12.9. The molecular formula is C13H20FNO2. The first-order chi connectivity index (χ1) is 7.97. The largest absolute Gasteiger partial charge is 0.508 e. The van der Waals surface area contributed by atoms with E-state index in [0.29, 0.717) is 24.6 Å². The van der Waals surface area contributed by atoms with E-state index in [4.69, 9.17) is 0 Å². The molecular weight excluding hydrogens is 221 g/mol. The molecule has 3 N–H and O–H groups in total. The average Bonchev–Trinajstić information content (AvgIpc) is 2.14. The van der Waals surface area contributed by atoms with Crippen molar-refractivity contribution in [2.24, 2.45) is 5.92 Å². The summed E-state index contributed by atoms with van der Waals surface area (Å²) in [7, 11) is 0. The molecule has 4 heteroatoms. The van der Waals surface area contributed by atoms with Crippen LogP contribution in [0.4, 0.5) is 4.39 Å². The van der Waals surface area contributed by atoms with Gasteiger partial charge in [-0.1, -0.05) is 13.8 Å². The van der Waals surface area contributed by atoms with E-state index in [2.05, 4.69) is 5.32 Å².